The summed E-state index contributed by atoms with van der Waals surface area (Å²) in [6.45, 7) is 8.67. The molecule has 1 aromatic carbocycles. The topological polar surface area (TPSA) is 85.1 Å². The maximum atomic E-state index is 15.2. The molecule has 3 saturated heterocycles. The van der Waals surface area contributed by atoms with Crippen molar-refractivity contribution in [2.45, 2.75) is 134 Å². The van der Waals surface area contributed by atoms with E-state index in [0.29, 0.717) is 42.3 Å². The first-order valence-electron chi connectivity index (χ1n) is 22.9. The number of nitrogens with zero attached hydrogens (tertiary/aromatic N) is 2. The number of ether oxygens (including phenoxy) is 2. The van der Waals surface area contributed by atoms with Gasteiger partial charge in [0.25, 0.3) is 0 Å². The van der Waals surface area contributed by atoms with Crippen LogP contribution in [0.3, 0.4) is 0 Å². The Hall–Kier alpha value is -3.16. The van der Waals surface area contributed by atoms with Crippen LogP contribution in [0.2, 0.25) is 0 Å². The van der Waals surface area contributed by atoms with E-state index in [9.17, 15) is 4.79 Å². The summed E-state index contributed by atoms with van der Waals surface area (Å²) in [4.78, 5) is 35.5. The van der Waals surface area contributed by atoms with Gasteiger partial charge in [-0.25, -0.2) is 4.79 Å². The Morgan fingerprint density at radius 1 is 1.05 bits per heavy atom. The molecule has 9 aliphatic heterocycles. The van der Waals surface area contributed by atoms with E-state index < -0.39 is 16.4 Å². The van der Waals surface area contributed by atoms with Gasteiger partial charge in [0.05, 0.1) is 17.0 Å². The zero-order chi connectivity index (χ0) is 38.0. The highest BCUT2D eigenvalue weighted by molar-refractivity contribution is 5.99. The van der Waals surface area contributed by atoms with Crippen LogP contribution in [0.25, 0.3) is 0 Å². The average molecular weight is 758 g/mol. The number of rotatable bonds is 7. The molecule has 10 bridgehead atoms. The van der Waals surface area contributed by atoms with Crippen molar-refractivity contribution < 1.29 is 19.1 Å². The molecule has 1 aromatic rings. The lowest BCUT2D eigenvalue weighted by Crippen LogP contribution is -2.75. The van der Waals surface area contributed by atoms with Gasteiger partial charge in [0, 0.05) is 48.8 Å². The lowest BCUT2D eigenvalue weighted by atomic mass is 9.31. The fourth-order valence-electron chi connectivity index (χ4n) is 15.3. The van der Waals surface area contributed by atoms with Crippen LogP contribution >= 0.6 is 0 Å². The van der Waals surface area contributed by atoms with Gasteiger partial charge < -0.3 is 20.1 Å². The minimum atomic E-state index is -0.939. The molecule has 0 amide bonds. The van der Waals surface area contributed by atoms with Crippen LogP contribution in [0.5, 0.6) is 0 Å². The molecule has 5 fully saturated rings. The number of nitrogens with two attached hydrogens (primary N) is 1. The Morgan fingerprint density at radius 2 is 1.93 bits per heavy atom. The number of carbonyl (C=O) groups excluding carboxylic acids is 2. The van der Waals surface area contributed by atoms with Crippen molar-refractivity contribution in [1.29, 1.82) is 0 Å². The summed E-state index contributed by atoms with van der Waals surface area (Å²) < 4.78 is 13.9. The SMILES string of the molecule is CCCC1C23C=C4CCC2(C(=CCC(CC2CCCCC2)N2CC5CC(C2)C2C=CC6=C(C4CC(C)C6)N2C5)OC3=O)C12OC(=O)c1c(CCCN)cccc12. The Bertz CT molecular complexity index is 1960. The molecular weight excluding hydrogens is 695 g/mol. The van der Waals surface area contributed by atoms with Crippen LogP contribution < -0.4 is 5.73 Å². The van der Waals surface area contributed by atoms with E-state index in [1.54, 1.807) is 5.70 Å². The molecule has 0 radical (unpaired) electrons. The van der Waals surface area contributed by atoms with E-state index in [2.05, 4.69) is 66.2 Å². The number of benzene rings is 1. The number of hydrogen-bond donors (Lipinski definition) is 1. The summed E-state index contributed by atoms with van der Waals surface area (Å²) in [7, 11) is 0. The van der Waals surface area contributed by atoms with Crippen LogP contribution in [0.15, 0.2) is 65.1 Å². The third-order valence-electron chi connectivity index (χ3n) is 17.2. The highest BCUT2D eigenvalue weighted by Gasteiger charge is 2.91. The summed E-state index contributed by atoms with van der Waals surface area (Å²) in [6, 6.07) is 7.22. The van der Waals surface area contributed by atoms with E-state index >= 15 is 4.79 Å². The first-order valence-corrected chi connectivity index (χ1v) is 22.9. The molecule has 298 valence electrons. The molecule has 0 aromatic heterocycles. The number of carbonyl (C=O) groups is 2. The standard InChI is InChI=1S/C49H63N3O4/c1-3-9-41-47-26-35-19-20-48(47,49(41)39-14-7-12-33(13-8-21-50)43(39)45(53)56-49)42(55-46(47)54)18-16-37(25-31-10-5-4-6-11-31)51-27-32-24-36(29-51)40-17-15-34-22-30(2)23-38(35)44(34)52(40)28-32/h7,12,14-15,17-18,26,30-32,36-38,40-41H,3-6,8-11,13,16,19-25,27-29,50H2,1-2H3. The van der Waals surface area contributed by atoms with Crippen molar-refractivity contribution in [2.24, 2.45) is 52.1 Å². The summed E-state index contributed by atoms with van der Waals surface area (Å²) in [5, 5.41) is 0. The molecular formula is C49H63N3O4. The van der Waals surface area contributed by atoms with Gasteiger partial charge in [-0.1, -0.05) is 94.4 Å². The monoisotopic (exact) mass is 757 g/mol. The van der Waals surface area contributed by atoms with Gasteiger partial charge in [0.15, 0.2) is 5.60 Å². The van der Waals surface area contributed by atoms with E-state index in [1.807, 2.05) is 0 Å². The Morgan fingerprint density at radius 3 is 2.77 bits per heavy atom. The van der Waals surface area contributed by atoms with Crippen LogP contribution in [0.1, 0.15) is 132 Å². The van der Waals surface area contributed by atoms with Crippen LogP contribution in [0.4, 0.5) is 0 Å². The molecule has 11 atom stereocenters. The predicted molar refractivity (Wildman–Crippen MR) is 217 cm³/mol. The second kappa shape index (κ2) is 13.2. The summed E-state index contributed by atoms with van der Waals surface area (Å²) >= 11 is 0. The normalized spacial score (nSPS) is 41.8. The first-order chi connectivity index (χ1) is 27.3. The molecule has 9 heterocycles. The van der Waals surface area contributed by atoms with Crippen LogP contribution in [0, 0.1) is 46.3 Å². The molecule has 2 N–H and O–H groups in total. The highest BCUT2D eigenvalue weighted by atomic mass is 16.6. The van der Waals surface area contributed by atoms with Gasteiger partial charge in [-0.15, -0.1) is 0 Å². The van der Waals surface area contributed by atoms with Crippen molar-refractivity contribution >= 4 is 11.9 Å². The molecule has 2 spiro atoms. The lowest BCUT2D eigenvalue weighted by molar-refractivity contribution is -0.271. The van der Waals surface area contributed by atoms with Crippen molar-refractivity contribution in [3.8, 4) is 0 Å². The van der Waals surface area contributed by atoms with Gasteiger partial charge in [-0.2, -0.15) is 0 Å². The smallest absolute Gasteiger partial charge is 0.339 e. The van der Waals surface area contributed by atoms with E-state index in [0.717, 1.165) is 106 Å². The molecule has 2 saturated carbocycles. The van der Waals surface area contributed by atoms with Gasteiger partial charge in [0.1, 0.15) is 11.2 Å². The van der Waals surface area contributed by atoms with Gasteiger partial charge in [0.2, 0.25) is 0 Å². The van der Waals surface area contributed by atoms with Gasteiger partial charge in [-0.3, -0.25) is 9.69 Å². The largest absolute Gasteiger partial charge is 0.449 e. The van der Waals surface area contributed by atoms with E-state index in [-0.39, 0.29) is 17.9 Å². The molecule has 11 unspecified atom stereocenters. The van der Waals surface area contributed by atoms with E-state index in [1.165, 1.54) is 56.1 Å². The Labute approximate surface area is 334 Å². The van der Waals surface area contributed by atoms with Gasteiger partial charge in [-0.05, 0) is 112 Å². The minimum Gasteiger partial charge on any atom is -0.449 e. The van der Waals surface area contributed by atoms with Crippen molar-refractivity contribution in [3.05, 3.63) is 81.8 Å². The first kappa shape index (κ1) is 36.0. The number of esters is 2. The molecule has 7 heteroatoms. The zero-order valence-electron chi connectivity index (χ0n) is 33.9. The fourth-order valence-corrected chi connectivity index (χ4v) is 15.3. The number of piperidine rings is 2. The van der Waals surface area contributed by atoms with Gasteiger partial charge >= 0.3 is 11.9 Å². The summed E-state index contributed by atoms with van der Waals surface area (Å²) in [5.41, 5.74) is 10.7. The van der Waals surface area contributed by atoms with E-state index in [4.69, 9.17) is 15.2 Å². The molecule has 4 aliphatic carbocycles. The number of fused-ring (bicyclic) bond motifs is 2. The highest BCUT2D eigenvalue weighted by Crippen LogP contribution is 2.84. The minimum absolute atomic E-state index is 0.105. The Kier molecular flexibility index (Phi) is 8.46. The second-order valence-corrected chi connectivity index (χ2v) is 20.1. The number of hydrogen-bond acceptors (Lipinski definition) is 7. The summed E-state index contributed by atoms with van der Waals surface area (Å²) in [5.74, 6) is 3.21. The lowest BCUT2D eigenvalue weighted by Gasteiger charge is -2.69. The molecule has 7 nitrogen and oxygen atoms in total. The zero-order valence-corrected chi connectivity index (χ0v) is 33.9. The maximum absolute atomic E-state index is 15.2. The molecule has 14 rings (SSSR count). The van der Waals surface area contributed by atoms with Crippen molar-refractivity contribution in [1.82, 2.24) is 9.80 Å². The number of allylic oxidation sites excluding steroid dienone is 3. The fraction of sp³-hybridized carbons (Fsp3) is 0.673. The van der Waals surface area contributed by atoms with Crippen molar-refractivity contribution in [2.75, 3.05) is 26.2 Å². The Balaban J connectivity index is 1.13. The quantitative estimate of drug-likeness (QED) is 0.220. The third kappa shape index (κ3) is 4.70. The third-order valence-corrected chi connectivity index (χ3v) is 17.2. The average Bonchev–Trinajstić information content (AvgIpc) is 3.65. The van der Waals surface area contributed by atoms with Crippen molar-refractivity contribution in [3.63, 3.8) is 0 Å². The van der Waals surface area contributed by atoms with Crippen LogP contribution in [-0.4, -0.2) is 60.0 Å². The van der Waals surface area contributed by atoms with Crippen LogP contribution in [-0.2, 0) is 26.3 Å². The second-order valence-electron chi connectivity index (χ2n) is 20.1. The predicted octanol–water partition coefficient (Wildman–Crippen LogP) is 8.74. The maximum Gasteiger partial charge on any atom is 0.339 e. The summed E-state index contributed by atoms with van der Waals surface area (Å²) in [6.07, 6.45) is 27.3. The molecule has 13 aliphatic rings. The number of aryl methyl sites for hydroxylation is 1. The molecule has 56 heavy (non-hydrogen) atoms.